The van der Waals surface area contributed by atoms with Gasteiger partial charge < -0.3 is 19.7 Å². The SMILES string of the molecule is COCCC(=O)N1CCC(Nc2nccc(OC)n2)CC1. The number of piperidine rings is 1. The van der Waals surface area contributed by atoms with Gasteiger partial charge in [-0.05, 0) is 12.8 Å². The highest BCUT2D eigenvalue weighted by Gasteiger charge is 2.22. The maximum atomic E-state index is 11.9. The van der Waals surface area contributed by atoms with Crippen molar-refractivity contribution in [2.24, 2.45) is 0 Å². The average molecular weight is 294 g/mol. The molecule has 116 valence electrons. The monoisotopic (exact) mass is 294 g/mol. The molecule has 1 fully saturated rings. The van der Waals surface area contributed by atoms with Crippen LogP contribution in [0.5, 0.6) is 5.88 Å². The molecular weight excluding hydrogens is 272 g/mol. The quantitative estimate of drug-likeness (QED) is 0.841. The zero-order chi connectivity index (χ0) is 15.1. The van der Waals surface area contributed by atoms with Gasteiger partial charge in [0.1, 0.15) is 0 Å². The third kappa shape index (κ3) is 4.56. The van der Waals surface area contributed by atoms with Crippen LogP contribution in [0.15, 0.2) is 12.3 Å². The first-order valence-corrected chi connectivity index (χ1v) is 7.13. The van der Waals surface area contributed by atoms with Crippen molar-refractivity contribution in [1.82, 2.24) is 14.9 Å². The number of nitrogens with one attached hydrogen (secondary N) is 1. The van der Waals surface area contributed by atoms with Gasteiger partial charge in [0.15, 0.2) is 0 Å². The van der Waals surface area contributed by atoms with Gasteiger partial charge in [-0.15, -0.1) is 0 Å². The maximum absolute atomic E-state index is 11.9. The van der Waals surface area contributed by atoms with Crippen LogP contribution in [-0.2, 0) is 9.53 Å². The Morgan fingerprint density at radius 1 is 1.43 bits per heavy atom. The molecule has 7 nitrogen and oxygen atoms in total. The van der Waals surface area contributed by atoms with Crippen LogP contribution in [-0.4, -0.2) is 60.7 Å². The summed E-state index contributed by atoms with van der Waals surface area (Å²) in [6.45, 7) is 1.99. The Hall–Kier alpha value is -1.89. The van der Waals surface area contributed by atoms with E-state index < -0.39 is 0 Å². The summed E-state index contributed by atoms with van der Waals surface area (Å²) in [7, 11) is 3.19. The Morgan fingerprint density at radius 2 is 2.19 bits per heavy atom. The minimum Gasteiger partial charge on any atom is -0.481 e. The molecule has 2 rings (SSSR count). The first-order chi connectivity index (χ1) is 10.2. The van der Waals surface area contributed by atoms with Gasteiger partial charge in [-0.2, -0.15) is 4.98 Å². The molecule has 1 aromatic rings. The summed E-state index contributed by atoms with van der Waals surface area (Å²) in [5, 5.41) is 3.29. The van der Waals surface area contributed by atoms with E-state index in [2.05, 4.69) is 15.3 Å². The second kappa shape index (κ2) is 7.78. The zero-order valence-electron chi connectivity index (χ0n) is 12.5. The lowest BCUT2D eigenvalue weighted by molar-refractivity contribution is -0.133. The normalized spacial score (nSPS) is 15.8. The molecule has 1 aromatic heterocycles. The Balaban J connectivity index is 1.79. The molecule has 1 aliphatic rings. The van der Waals surface area contributed by atoms with Crippen molar-refractivity contribution in [2.75, 3.05) is 39.2 Å². The lowest BCUT2D eigenvalue weighted by atomic mass is 10.0. The van der Waals surface area contributed by atoms with E-state index in [4.69, 9.17) is 9.47 Å². The van der Waals surface area contributed by atoms with Crippen molar-refractivity contribution in [3.63, 3.8) is 0 Å². The number of carbonyl (C=O) groups is 1. The molecule has 1 aliphatic heterocycles. The summed E-state index contributed by atoms with van der Waals surface area (Å²) in [5.41, 5.74) is 0. The van der Waals surface area contributed by atoms with Crippen LogP contribution in [0.2, 0.25) is 0 Å². The topological polar surface area (TPSA) is 76.6 Å². The predicted molar refractivity (Wildman–Crippen MR) is 78.3 cm³/mol. The molecule has 7 heteroatoms. The maximum Gasteiger partial charge on any atom is 0.226 e. The Kier molecular flexibility index (Phi) is 5.74. The van der Waals surface area contributed by atoms with Gasteiger partial charge in [-0.25, -0.2) is 4.98 Å². The van der Waals surface area contributed by atoms with Crippen LogP contribution < -0.4 is 10.1 Å². The lowest BCUT2D eigenvalue weighted by Gasteiger charge is -2.32. The van der Waals surface area contributed by atoms with E-state index in [0.29, 0.717) is 24.9 Å². The molecule has 2 heterocycles. The molecule has 0 unspecified atom stereocenters. The highest BCUT2D eigenvalue weighted by atomic mass is 16.5. The first-order valence-electron chi connectivity index (χ1n) is 7.13. The summed E-state index contributed by atoms with van der Waals surface area (Å²) < 4.78 is 10.0. The van der Waals surface area contributed by atoms with Crippen molar-refractivity contribution >= 4 is 11.9 Å². The molecule has 1 amide bonds. The van der Waals surface area contributed by atoms with Gasteiger partial charge >= 0.3 is 0 Å². The Bertz CT molecular complexity index is 461. The van der Waals surface area contributed by atoms with Crippen molar-refractivity contribution in [1.29, 1.82) is 0 Å². The Morgan fingerprint density at radius 3 is 2.86 bits per heavy atom. The molecule has 1 N–H and O–H groups in total. The Labute approximate surface area is 124 Å². The molecule has 21 heavy (non-hydrogen) atoms. The molecule has 0 atom stereocenters. The van der Waals surface area contributed by atoms with Crippen LogP contribution in [0, 0.1) is 0 Å². The van der Waals surface area contributed by atoms with E-state index in [1.165, 1.54) is 0 Å². The van der Waals surface area contributed by atoms with Crippen LogP contribution in [0.1, 0.15) is 19.3 Å². The highest BCUT2D eigenvalue weighted by molar-refractivity contribution is 5.76. The number of anilines is 1. The molecular formula is C14H22N4O3. The number of hydrogen-bond acceptors (Lipinski definition) is 6. The van der Waals surface area contributed by atoms with E-state index in [1.807, 2.05) is 4.90 Å². The third-order valence-corrected chi connectivity index (χ3v) is 3.54. The molecule has 0 bridgehead atoms. The van der Waals surface area contributed by atoms with E-state index in [1.54, 1.807) is 26.5 Å². The van der Waals surface area contributed by atoms with Crippen molar-refractivity contribution in [3.8, 4) is 5.88 Å². The summed E-state index contributed by atoms with van der Waals surface area (Å²) in [6.07, 6.45) is 3.89. The molecule has 0 aromatic carbocycles. The fourth-order valence-corrected chi connectivity index (χ4v) is 2.33. The third-order valence-electron chi connectivity index (χ3n) is 3.54. The van der Waals surface area contributed by atoms with E-state index in [9.17, 15) is 4.79 Å². The number of aromatic nitrogens is 2. The number of carbonyl (C=O) groups excluding carboxylic acids is 1. The van der Waals surface area contributed by atoms with E-state index >= 15 is 0 Å². The number of rotatable bonds is 6. The van der Waals surface area contributed by atoms with Crippen molar-refractivity contribution < 1.29 is 14.3 Å². The lowest BCUT2D eigenvalue weighted by Crippen LogP contribution is -2.42. The van der Waals surface area contributed by atoms with Gasteiger partial charge in [-0.3, -0.25) is 4.79 Å². The molecule has 0 saturated carbocycles. The minimum absolute atomic E-state index is 0.160. The van der Waals surface area contributed by atoms with Gasteiger partial charge in [0.05, 0.1) is 20.1 Å². The first kappa shape index (κ1) is 15.5. The van der Waals surface area contributed by atoms with Crippen molar-refractivity contribution in [2.45, 2.75) is 25.3 Å². The highest BCUT2D eigenvalue weighted by Crippen LogP contribution is 2.16. The van der Waals surface area contributed by atoms with Crippen LogP contribution in [0.4, 0.5) is 5.95 Å². The van der Waals surface area contributed by atoms with Crippen LogP contribution >= 0.6 is 0 Å². The smallest absolute Gasteiger partial charge is 0.226 e. The van der Waals surface area contributed by atoms with E-state index in [0.717, 1.165) is 25.9 Å². The fraction of sp³-hybridized carbons (Fsp3) is 0.643. The van der Waals surface area contributed by atoms with Crippen LogP contribution in [0.25, 0.3) is 0 Å². The van der Waals surface area contributed by atoms with Crippen LogP contribution in [0.3, 0.4) is 0 Å². The van der Waals surface area contributed by atoms with Gasteiger partial charge in [0.25, 0.3) is 0 Å². The largest absolute Gasteiger partial charge is 0.481 e. The van der Waals surface area contributed by atoms with E-state index in [-0.39, 0.29) is 11.9 Å². The summed E-state index contributed by atoms with van der Waals surface area (Å²) in [5.74, 6) is 1.27. The number of methoxy groups -OCH3 is 2. The number of likely N-dealkylation sites (tertiary alicyclic amines) is 1. The standard InChI is InChI=1S/C14H22N4O3/c1-20-10-6-13(19)18-8-4-11(5-9-18)16-14-15-7-3-12(17-14)21-2/h3,7,11H,4-6,8-10H2,1-2H3,(H,15,16,17). The number of hydrogen-bond donors (Lipinski definition) is 1. The fourth-order valence-electron chi connectivity index (χ4n) is 2.33. The summed E-state index contributed by atoms with van der Waals surface area (Å²) in [6, 6.07) is 1.99. The predicted octanol–water partition coefficient (Wildman–Crippen LogP) is 0.925. The second-order valence-corrected chi connectivity index (χ2v) is 4.96. The molecule has 0 spiro atoms. The summed E-state index contributed by atoms with van der Waals surface area (Å²) >= 11 is 0. The van der Waals surface area contributed by atoms with Gasteiger partial charge in [-0.1, -0.05) is 0 Å². The number of amides is 1. The molecule has 1 saturated heterocycles. The zero-order valence-corrected chi connectivity index (χ0v) is 12.5. The van der Waals surface area contributed by atoms with Crippen molar-refractivity contribution in [3.05, 3.63) is 12.3 Å². The number of ether oxygens (including phenoxy) is 2. The van der Waals surface area contributed by atoms with Gasteiger partial charge in [0, 0.05) is 38.5 Å². The second-order valence-electron chi connectivity index (χ2n) is 4.96. The van der Waals surface area contributed by atoms with Gasteiger partial charge in [0.2, 0.25) is 17.7 Å². The minimum atomic E-state index is 0.160. The molecule has 0 aliphatic carbocycles. The average Bonchev–Trinajstić information content (AvgIpc) is 2.53. The molecule has 0 radical (unpaired) electrons. The number of nitrogens with zero attached hydrogens (tertiary/aromatic N) is 3. The summed E-state index contributed by atoms with van der Waals surface area (Å²) in [4.78, 5) is 22.2.